The van der Waals surface area contributed by atoms with Crippen LogP contribution in [0.4, 0.5) is 5.69 Å². The molecule has 4 heteroatoms. The van der Waals surface area contributed by atoms with Crippen molar-refractivity contribution in [3.05, 3.63) is 77.6 Å². The van der Waals surface area contributed by atoms with E-state index in [4.69, 9.17) is 16.7 Å². The van der Waals surface area contributed by atoms with Gasteiger partial charge in [0.15, 0.2) is 0 Å². The standard InChI is InChI=1S/C24H16N4/c1-2-16-10-18(6-8-20(16)12-25)21-14-28(15-21)22-11-19-7-5-17-4-3-9-26-23(17)24(19)27-13-22/h1,3-11,13,21H,14-15H2. The lowest BCUT2D eigenvalue weighted by Gasteiger charge is -2.41. The highest BCUT2D eigenvalue weighted by Gasteiger charge is 2.29. The minimum atomic E-state index is 0.411. The van der Waals surface area contributed by atoms with E-state index in [1.807, 2.05) is 30.5 Å². The molecule has 0 N–H and O–H groups in total. The maximum atomic E-state index is 9.13. The zero-order valence-electron chi connectivity index (χ0n) is 15.1. The molecule has 5 rings (SSSR count). The van der Waals surface area contributed by atoms with Crippen LogP contribution in [0.5, 0.6) is 0 Å². The Balaban J connectivity index is 1.40. The zero-order chi connectivity index (χ0) is 19.1. The van der Waals surface area contributed by atoms with Gasteiger partial charge in [0, 0.05) is 41.5 Å². The number of rotatable bonds is 2. The summed E-state index contributed by atoms with van der Waals surface area (Å²) >= 11 is 0. The van der Waals surface area contributed by atoms with Gasteiger partial charge < -0.3 is 4.90 Å². The van der Waals surface area contributed by atoms with Gasteiger partial charge in [-0.3, -0.25) is 9.97 Å². The molecule has 0 saturated carbocycles. The van der Waals surface area contributed by atoms with Crippen LogP contribution in [0.1, 0.15) is 22.6 Å². The Labute approximate surface area is 163 Å². The summed E-state index contributed by atoms with van der Waals surface area (Å²) in [5, 5.41) is 11.3. The summed E-state index contributed by atoms with van der Waals surface area (Å²) in [5.41, 5.74) is 5.40. The van der Waals surface area contributed by atoms with Crippen molar-refractivity contribution in [2.45, 2.75) is 5.92 Å². The first-order valence-electron chi connectivity index (χ1n) is 9.16. The normalized spacial score (nSPS) is 13.9. The third-order valence-corrected chi connectivity index (χ3v) is 5.45. The first kappa shape index (κ1) is 16.3. The van der Waals surface area contributed by atoms with Crippen LogP contribution in [-0.4, -0.2) is 23.1 Å². The number of hydrogen-bond acceptors (Lipinski definition) is 4. The second kappa shape index (κ2) is 6.37. The third kappa shape index (κ3) is 2.55. The maximum Gasteiger partial charge on any atom is 0.100 e. The summed E-state index contributed by atoms with van der Waals surface area (Å²) in [6, 6.07) is 18.3. The lowest BCUT2D eigenvalue weighted by molar-refractivity contribution is 0.525. The van der Waals surface area contributed by atoms with Crippen molar-refractivity contribution in [3.8, 4) is 18.4 Å². The molecule has 3 heterocycles. The van der Waals surface area contributed by atoms with Crippen LogP contribution in [0.25, 0.3) is 21.8 Å². The Hall–Kier alpha value is -3.89. The zero-order valence-corrected chi connectivity index (χ0v) is 15.1. The van der Waals surface area contributed by atoms with Gasteiger partial charge in [-0.15, -0.1) is 6.42 Å². The largest absolute Gasteiger partial charge is 0.369 e. The van der Waals surface area contributed by atoms with E-state index < -0.39 is 0 Å². The summed E-state index contributed by atoms with van der Waals surface area (Å²) in [7, 11) is 0. The van der Waals surface area contributed by atoms with Crippen LogP contribution >= 0.6 is 0 Å². The van der Waals surface area contributed by atoms with Crippen LogP contribution < -0.4 is 4.90 Å². The number of pyridine rings is 2. The topological polar surface area (TPSA) is 52.8 Å². The molecule has 0 spiro atoms. The number of terminal acetylenes is 1. The summed E-state index contributed by atoms with van der Waals surface area (Å²) in [6.45, 7) is 1.82. The summed E-state index contributed by atoms with van der Waals surface area (Å²) in [6.07, 6.45) is 9.27. The monoisotopic (exact) mass is 360 g/mol. The molecule has 2 aromatic heterocycles. The van der Waals surface area contributed by atoms with Gasteiger partial charge >= 0.3 is 0 Å². The summed E-state index contributed by atoms with van der Waals surface area (Å²) in [4.78, 5) is 11.5. The van der Waals surface area contributed by atoms with Crippen LogP contribution in [0, 0.1) is 23.7 Å². The number of nitriles is 1. The van der Waals surface area contributed by atoms with Gasteiger partial charge in [-0.25, -0.2) is 0 Å². The Kier molecular flexibility index (Phi) is 3.71. The minimum Gasteiger partial charge on any atom is -0.369 e. The molecular weight excluding hydrogens is 344 g/mol. The average molecular weight is 360 g/mol. The Bertz CT molecular complexity index is 1300. The van der Waals surface area contributed by atoms with Crippen molar-refractivity contribution in [3.63, 3.8) is 0 Å². The number of hydrogen-bond donors (Lipinski definition) is 0. The maximum absolute atomic E-state index is 9.13. The van der Waals surface area contributed by atoms with Gasteiger partial charge in [-0.1, -0.05) is 30.2 Å². The summed E-state index contributed by atoms with van der Waals surface area (Å²) in [5.74, 6) is 3.03. The first-order valence-corrected chi connectivity index (χ1v) is 9.16. The van der Waals surface area contributed by atoms with E-state index in [1.165, 1.54) is 5.56 Å². The van der Waals surface area contributed by atoms with Crippen molar-refractivity contribution in [2.24, 2.45) is 0 Å². The molecule has 4 nitrogen and oxygen atoms in total. The Morgan fingerprint density at radius 1 is 0.964 bits per heavy atom. The van der Waals surface area contributed by atoms with Crippen molar-refractivity contribution < 1.29 is 0 Å². The lowest BCUT2D eigenvalue weighted by atomic mass is 9.89. The molecule has 28 heavy (non-hydrogen) atoms. The first-order chi connectivity index (χ1) is 13.8. The molecule has 0 aliphatic carbocycles. The third-order valence-electron chi connectivity index (χ3n) is 5.45. The molecule has 132 valence electrons. The van der Waals surface area contributed by atoms with Crippen molar-refractivity contribution in [2.75, 3.05) is 18.0 Å². The van der Waals surface area contributed by atoms with E-state index >= 15 is 0 Å². The predicted octanol–water partition coefficient (Wildman–Crippen LogP) is 4.24. The van der Waals surface area contributed by atoms with E-state index in [9.17, 15) is 0 Å². The highest BCUT2D eigenvalue weighted by Crippen LogP contribution is 2.34. The smallest absolute Gasteiger partial charge is 0.100 e. The van der Waals surface area contributed by atoms with E-state index in [0.717, 1.165) is 40.6 Å². The van der Waals surface area contributed by atoms with Crippen molar-refractivity contribution in [1.82, 2.24) is 9.97 Å². The highest BCUT2D eigenvalue weighted by molar-refractivity contribution is 6.03. The second-order valence-corrected chi connectivity index (χ2v) is 7.07. The van der Waals surface area contributed by atoms with Crippen LogP contribution in [0.3, 0.4) is 0 Å². The predicted molar refractivity (Wildman–Crippen MR) is 111 cm³/mol. The van der Waals surface area contributed by atoms with Crippen LogP contribution in [0.2, 0.25) is 0 Å². The van der Waals surface area contributed by atoms with Crippen LogP contribution in [0.15, 0.2) is 60.9 Å². The van der Waals surface area contributed by atoms with Gasteiger partial charge in [0.2, 0.25) is 0 Å². The Morgan fingerprint density at radius 3 is 2.61 bits per heavy atom. The quantitative estimate of drug-likeness (QED) is 0.396. The van der Waals surface area contributed by atoms with Gasteiger partial charge in [0.1, 0.15) is 6.07 Å². The molecule has 0 unspecified atom stereocenters. The number of anilines is 1. The number of aromatic nitrogens is 2. The average Bonchev–Trinajstić information content (AvgIpc) is 2.72. The fourth-order valence-corrected chi connectivity index (χ4v) is 3.83. The summed E-state index contributed by atoms with van der Waals surface area (Å²) < 4.78 is 0. The molecule has 1 aliphatic rings. The van der Waals surface area contributed by atoms with E-state index in [2.05, 4.69) is 46.1 Å². The van der Waals surface area contributed by atoms with Crippen molar-refractivity contribution in [1.29, 1.82) is 5.26 Å². The molecule has 0 radical (unpaired) electrons. The fourth-order valence-electron chi connectivity index (χ4n) is 3.83. The van der Waals surface area contributed by atoms with E-state index in [1.54, 1.807) is 6.20 Å². The fraction of sp³-hybridized carbons (Fsp3) is 0.125. The molecule has 0 bridgehead atoms. The molecule has 1 aliphatic heterocycles. The van der Waals surface area contributed by atoms with E-state index in [0.29, 0.717) is 17.0 Å². The lowest BCUT2D eigenvalue weighted by Crippen LogP contribution is -2.45. The van der Waals surface area contributed by atoms with Gasteiger partial charge in [0.05, 0.1) is 28.5 Å². The SMILES string of the molecule is C#Cc1cc(C2CN(c3cnc4c(ccc5cccnc54)c3)C2)ccc1C#N. The molecule has 1 saturated heterocycles. The number of fused-ring (bicyclic) bond motifs is 3. The molecule has 1 fully saturated rings. The van der Waals surface area contributed by atoms with Crippen molar-refractivity contribution >= 4 is 27.5 Å². The molecule has 0 atom stereocenters. The highest BCUT2D eigenvalue weighted by atomic mass is 15.2. The van der Waals surface area contributed by atoms with Gasteiger partial charge in [0.25, 0.3) is 0 Å². The molecular formula is C24H16N4. The van der Waals surface area contributed by atoms with Gasteiger partial charge in [-0.05, 0) is 29.8 Å². The van der Waals surface area contributed by atoms with Gasteiger partial charge in [-0.2, -0.15) is 5.26 Å². The number of nitrogens with zero attached hydrogens (tertiary/aromatic N) is 4. The van der Waals surface area contributed by atoms with Crippen LogP contribution in [-0.2, 0) is 0 Å². The molecule has 0 amide bonds. The number of benzene rings is 2. The Morgan fingerprint density at radius 2 is 1.79 bits per heavy atom. The second-order valence-electron chi connectivity index (χ2n) is 7.07. The molecule has 4 aromatic rings. The molecule has 2 aromatic carbocycles. The van der Waals surface area contributed by atoms with E-state index in [-0.39, 0.29) is 0 Å². The minimum absolute atomic E-state index is 0.411.